The van der Waals surface area contributed by atoms with Gasteiger partial charge in [0.15, 0.2) is 5.03 Å². The Morgan fingerprint density at radius 1 is 1.44 bits per heavy atom. The van der Waals surface area contributed by atoms with Gasteiger partial charge in [0, 0.05) is 0 Å². The molecule has 0 N–H and O–H groups in total. The standard InChI is InChI=1S/C7H3ClN4O3S/c8-5-4(12(13)14)6(11-3-10-5)16-7-9-1-2-15-7/h1-3H. The maximum absolute atomic E-state index is 10.7. The van der Waals surface area contributed by atoms with Gasteiger partial charge in [0.1, 0.15) is 12.6 Å². The minimum absolute atomic E-state index is 0.0902. The fourth-order valence-electron chi connectivity index (χ4n) is 0.914. The van der Waals surface area contributed by atoms with Gasteiger partial charge in [-0.1, -0.05) is 11.6 Å². The Kier molecular flexibility index (Phi) is 3.02. The first-order valence-corrected chi connectivity index (χ1v) is 5.10. The summed E-state index contributed by atoms with van der Waals surface area (Å²) in [7, 11) is 0. The lowest BCUT2D eigenvalue weighted by Gasteiger charge is -1.98. The molecular formula is C7H3ClN4O3S. The largest absolute Gasteiger partial charge is 0.440 e. The molecule has 9 heteroatoms. The van der Waals surface area contributed by atoms with Gasteiger partial charge in [-0.05, 0) is 11.8 Å². The van der Waals surface area contributed by atoms with E-state index in [4.69, 9.17) is 16.0 Å². The van der Waals surface area contributed by atoms with Gasteiger partial charge in [-0.15, -0.1) is 0 Å². The predicted octanol–water partition coefficient (Wildman–Crippen LogP) is 2.18. The molecule has 2 heterocycles. The van der Waals surface area contributed by atoms with E-state index < -0.39 is 4.92 Å². The lowest BCUT2D eigenvalue weighted by molar-refractivity contribution is -0.388. The van der Waals surface area contributed by atoms with Gasteiger partial charge in [-0.3, -0.25) is 10.1 Å². The molecule has 0 unspecified atom stereocenters. The first-order valence-electron chi connectivity index (χ1n) is 3.90. The second kappa shape index (κ2) is 4.45. The van der Waals surface area contributed by atoms with Crippen LogP contribution in [0.4, 0.5) is 5.69 Å². The van der Waals surface area contributed by atoms with Crippen LogP contribution >= 0.6 is 23.4 Å². The van der Waals surface area contributed by atoms with Crippen molar-refractivity contribution in [1.29, 1.82) is 0 Å². The van der Waals surface area contributed by atoms with Crippen molar-refractivity contribution in [2.45, 2.75) is 10.2 Å². The van der Waals surface area contributed by atoms with Crippen molar-refractivity contribution in [3.63, 3.8) is 0 Å². The molecule has 0 atom stereocenters. The van der Waals surface area contributed by atoms with Crippen molar-refractivity contribution in [3.05, 3.63) is 34.1 Å². The molecular weight excluding hydrogens is 256 g/mol. The number of halogens is 1. The minimum atomic E-state index is -0.645. The summed E-state index contributed by atoms with van der Waals surface area (Å²) < 4.78 is 4.94. The molecule has 16 heavy (non-hydrogen) atoms. The van der Waals surface area contributed by atoms with Gasteiger partial charge in [-0.25, -0.2) is 15.0 Å². The topological polar surface area (TPSA) is 95.0 Å². The van der Waals surface area contributed by atoms with Crippen LogP contribution in [0.15, 0.2) is 33.5 Å². The van der Waals surface area contributed by atoms with Crippen LogP contribution in [0.1, 0.15) is 0 Å². The molecule has 0 aliphatic rings. The van der Waals surface area contributed by atoms with Crippen molar-refractivity contribution < 1.29 is 9.34 Å². The SMILES string of the molecule is O=[N+]([O-])c1c(Cl)ncnc1Sc1ncco1. The van der Waals surface area contributed by atoms with Gasteiger partial charge >= 0.3 is 5.69 Å². The summed E-state index contributed by atoms with van der Waals surface area (Å²) in [6.07, 6.45) is 3.93. The first-order chi connectivity index (χ1) is 7.68. The van der Waals surface area contributed by atoms with E-state index in [1.165, 1.54) is 12.5 Å². The van der Waals surface area contributed by atoms with Gasteiger partial charge in [0.2, 0.25) is 5.15 Å². The molecule has 7 nitrogen and oxygen atoms in total. The Bertz CT molecular complexity index is 518. The monoisotopic (exact) mass is 258 g/mol. The van der Waals surface area contributed by atoms with Crippen LogP contribution in [0.25, 0.3) is 0 Å². The Balaban J connectivity index is 2.40. The smallest absolute Gasteiger partial charge is 0.338 e. The van der Waals surface area contributed by atoms with Crippen molar-refractivity contribution >= 4 is 29.1 Å². The molecule has 0 saturated carbocycles. The van der Waals surface area contributed by atoms with E-state index in [9.17, 15) is 10.1 Å². The second-order valence-corrected chi connectivity index (χ2v) is 3.77. The van der Waals surface area contributed by atoms with Gasteiger partial charge in [0.25, 0.3) is 5.22 Å². The van der Waals surface area contributed by atoms with Crippen LogP contribution in [0.5, 0.6) is 0 Å². The molecule has 82 valence electrons. The summed E-state index contributed by atoms with van der Waals surface area (Å²) in [6, 6.07) is 0. The zero-order valence-corrected chi connectivity index (χ0v) is 9.10. The van der Waals surface area contributed by atoms with E-state index in [1.54, 1.807) is 0 Å². The lowest BCUT2D eigenvalue weighted by Crippen LogP contribution is -1.96. The van der Waals surface area contributed by atoms with Crippen molar-refractivity contribution in [1.82, 2.24) is 15.0 Å². The number of nitro groups is 1. The molecule has 0 fully saturated rings. The Labute approximate surface area is 98.0 Å². The molecule has 0 aliphatic heterocycles. The first kappa shape index (κ1) is 10.8. The Morgan fingerprint density at radius 3 is 2.88 bits per heavy atom. The quantitative estimate of drug-likeness (QED) is 0.473. The Morgan fingerprint density at radius 2 is 2.25 bits per heavy atom. The maximum Gasteiger partial charge on any atom is 0.338 e. The lowest BCUT2D eigenvalue weighted by atomic mass is 10.5. The average Bonchev–Trinajstić information content (AvgIpc) is 2.70. The average molecular weight is 259 g/mol. The molecule has 0 aromatic carbocycles. The molecule has 0 saturated heterocycles. The van der Waals surface area contributed by atoms with Crippen LogP contribution in [0.2, 0.25) is 5.15 Å². The third-order valence-electron chi connectivity index (χ3n) is 1.52. The molecule has 0 spiro atoms. The fraction of sp³-hybridized carbons (Fsp3) is 0. The number of rotatable bonds is 3. The molecule has 0 amide bonds. The number of nitrogens with zero attached hydrogens (tertiary/aromatic N) is 4. The normalized spacial score (nSPS) is 10.3. The number of aromatic nitrogens is 3. The maximum atomic E-state index is 10.7. The summed E-state index contributed by atoms with van der Waals surface area (Å²) in [5.41, 5.74) is -0.354. The van der Waals surface area contributed by atoms with Gasteiger partial charge in [0.05, 0.1) is 11.1 Å². The Hall–Kier alpha value is -1.67. The summed E-state index contributed by atoms with van der Waals surface area (Å²) in [5.74, 6) is 0. The van der Waals surface area contributed by atoms with Crippen molar-refractivity contribution in [2.75, 3.05) is 0 Å². The molecule has 0 radical (unpaired) electrons. The highest BCUT2D eigenvalue weighted by molar-refractivity contribution is 7.99. The fourth-order valence-corrected chi connectivity index (χ4v) is 1.92. The van der Waals surface area contributed by atoms with E-state index >= 15 is 0 Å². The zero-order chi connectivity index (χ0) is 11.5. The van der Waals surface area contributed by atoms with E-state index in [2.05, 4.69) is 15.0 Å². The van der Waals surface area contributed by atoms with Gasteiger partial charge in [-0.2, -0.15) is 0 Å². The minimum Gasteiger partial charge on any atom is -0.440 e. The third kappa shape index (κ3) is 2.12. The van der Waals surface area contributed by atoms with E-state index in [0.717, 1.165) is 18.1 Å². The molecule has 0 aliphatic carbocycles. The van der Waals surface area contributed by atoms with Crippen LogP contribution < -0.4 is 0 Å². The molecule has 2 aromatic heterocycles. The number of hydrogen-bond acceptors (Lipinski definition) is 7. The second-order valence-electron chi connectivity index (χ2n) is 2.48. The molecule has 0 bridgehead atoms. The van der Waals surface area contributed by atoms with Gasteiger partial charge < -0.3 is 4.42 Å². The van der Waals surface area contributed by atoms with Crippen molar-refractivity contribution in [2.24, 2.45) is 0 Å². The van der Waals surface area contributed by atoms with Crippen LogP contribution in [0, 0.1) is 10.1 Å². The van der Waals surface area contributed by atoms with Crippen molar-refractivity contribution in [3.8, 4) is 0 Å². The zero-order valence-electron chi connectivity index (χ0n) is 7.53. The third-order valence-corrected chi connectivity index (χ3v) is 2.67. The van der Waals surface area contributed by atoms with Crippen LogP contribution in [-0.4, -0.2) is 19.9 Å². The highest BCUT2D eigenvalue weighted by atomic mass is 35.5. The summed E-state index contributed by atoms with van der Waals surface area (Å²) in [6.45, 7) is 0. The van der Waals surface area contributed by atoms with Crippen LogP contribution in [-0.2, 0) is 0 Å². The summed E-state index contributed by atoms with van der Waals surface area (Å²) in [4.78, 5) is 21.2. The highest BCUT2D eigenvalue weighted by Crippen LogP contribution is 2.35. The van der Waals surface area contributed by atoms with E-state index in [1.807, 2.05) is 0 Å². The van der Waals surface area contributed by atoms with E-state index in [0.29, 0.717) is 0 Å². The number of oxazole rings is 1. The number of hydrogen-bond donors (Lipinski definition) is 0. The summed E-state index contributed by atoms with van der Waals surface area (Å²) in [5, 5.41) is 10.9. The van der Waals surface area contributed by atoms with E-state index in [-0.39, 0.29) is 21.1 Å². The molecule has 2 rings (SSSR count). The van der Waals surface area contributed by atoms with Crippen LogP contribution in [0.3, 0.4) is 0 Å². The molecule has 2 aromatic rings. The summed E-state index contributed by atoms with van der Waals surface area (Å²) >= 11 is 6.52. The predicted molar refractivity (Wildman–Crippen MR) is 54.3 cm³/mol. The highest BCUT2D eigenvalue weighted by Gasteiger charge is 2.23.